The number of rotatable bonds is 6. The monoisotopic (exact) mass is 339 g/mol. The van der Waals surface area contributed by atoms with E-state index < -0.39 is 9.84 Å². The van der Waals surface area contributed by atoms with Crippen LogP contribution in [0.25, 0.3) is 0 Å². The molecule has 1 aliphatic heterocycles. The smallest absolute Gasteiger partial charge is 0.224 e. The number of sulfone groups is 1. The molecule has 1 amide bonds. The van der Waals surface area contributed by atoms with Crippen LogP contribution in [-0.4, -0.2) is 37.7 Å². The first-order valence-corrected chi connectivity index (χ1v) is 9.36. The molecule has 1 unspecified atom stereocenters. The van der Waals surface area contributed by atoms with Crippen molar-refractivity contribution in [3.63, 3.8) is 0 Å². The number of hydrogen-bond donors (Lipinski definition) is 1. The van der Waals surface area contributed by atoms with E-state index in [2.05, 4.69) is 35.1 Å². The molecule has 0 saturated carbocycles. The van der Waals surface area contributed by atoms with E-state index in [-0.39, 0.29) is 28.7 Å². The highest BCUT2D eigenvalue weighted by Gasteiger charge is 2.34. The predicted octanol–water partition coefficient (Wildman–Crippen LogP) is 1.74. The molecule has 18 heavy (non-hydrogen) atoms. The van der Waals surface area contributed by atoms with E-state index in [9.17, 15) is 13.2 Å². The number of halogens is 1. The second-order valence-corrected chi connectivity index (χ2v) is 7.95. The van der Waals surface area contributed by atoms with Gasteiger partial charge in [0.1, 0.15) is 0 Å². The van der Waals surface area contributed by atoms with E-state index in [1.54, 1.807) is 0 Å². The van der Waals surface area contributed by atoms with Gasteiger partial charge in [-0.2, -0.15) is 0 Å². The largest absolute Gasteiger partial charge is 0.355 e. The fraction of sp³-hybridized carbons (Fsp3) is 0.917. The maximum Gasteiger partial charge on any atom is 0.224 e. The molecule has 0 radical (unpaired) electrons. The Kier molecular flexibility index (Phi) is 5.65. The molecule has 6 heteroatoms. The van der Waals surface area contributed by atoms with Crippen molar-refractivity contribution in [1.29, 1.82) is 0 Å². The molecular formula is C12H22BrNO3S. The van der Waals surface area contributed by atoms with Crippen LogP contribution in [0.5, 0.6) is 0 Å². The highest BCUT2D eigenvalue weighted by molar-refractivity contribution is 9.09. The second-order valence-electron chi connectivity index (χ2n) is 5.16. The Morgan fingerprint density at radius 1 is 1.39 bits per heavy atom. The van der Waals surface area contributed by atoms with E-state index in [0.717, 1.165) is 18.2 Å². The summed E-state index contributed by atoms with van der Waals surface area (Å²) in [5, 5.41) is 3.77. The molecule has 0 bridgehead atoms. The summed E-state index contributed by atoms with van der Waals surface area (Å²) >= 11 is 3.50. The maximum atomic E-state index is 11.9. The lowest BCUT2D eigenvalue weighted by molar-refractivity contribution is -0.124. The van der Waals surface area contributed by atoms with Gasteiger partial charge in [0.2, 0.25) is 5.91 Å². The molecule has 106 valence electrons. The van der Waals surface area contributed by atoms with Crippen molar-refractivity contribution in [3.8, 4) is 0 Å². The second kappa shape index (κ2) is 6.37. The summed E-state index contributed by atoms with van der Waals surface area (Å²) in [5.41, 5.74) is 0.0765. The third-order valence-electron chi connectivity index (χ3n) is 4.02. The summed E-state index contributed by atoms with van der Waals surface area (Å²) in [6, 6.07) is 0. The van der Waals surface area contributed by atoms with Crippen molar-refractivity contribution >= 4 is 31.7 Å². The van der Waals surface area contributed by atoms with Crippen LogP contribution < -0.4 is 5.32 Å². The fourth-order valence-electron chi connectivity index (χ4n) is 2.16. The molecule has 0 aromatic heterocycles. The summed E-state index contributed by atoms with van der Waals surface area (Å²) < 4.78 is 22.7. The molecule has 4 nitrogen and oxygen atoms in total. The summed E-state index contributed by atoms with van der Waals surface area (Å²) in [7, 11) is -2.98. The minimum atomic E-state index is -2.98. The zero-order chi connectivity index (χ0) is 13.8. The van der Waals surface area contributed by atoms with Crippen LogP contribution in [-0.2, 0) is 14.6 Å². The highest BCUT2D eigenvalue weighted by Crippen LogP contribution is 2.28. The Morgan fingerprint density at radius 2 is 2.00 bits per heavy atom. The molecule has 0 aromatic carbocycles. The van der Waals surface area contributed by atoms with Crippen molar-refractivity contribution < 1.29 is 13.2 Å². The SMILES string of the molecule is CCC(CC)(CBr)CNC(=O)C1CCS(=O)(=O)C1. The maximum absolute atomic E-state index is 11.9. The molecular weight excluding hydrogens is 318 g/mol. The van der Waals surface area contributed by atoms with Crippen molar-refractivity contribution in [2.45, 2.75) is 33.1 Å². The van der Waals surface area contributed by atoms with Crippen LogP contribution in [0.15, 0.2) is 0 Å². The molecule has 1 heterocycles. The summed E-state index contributed by atoms with van der Waals surface area (Å²) in [6.45, 7) is 4.83. The van der Waals surface area contributed by atoms with Crippen LogP contribution >= 0.6 is 15.9 Å². The normalized spacial score (nSPS) is 22.9. The molecule has 1 aliphatic rings. The van der Waals surface area contributed by atoms with Gasteiger partial charge in [0, 0.05) is 11.9 Å². The molecule has 1 rings (SSSR count). The Balaban J connectivity index is 2.51. The Hall–Kier alpha value is -0.100. The molecule has 0 aliphatic carbocycles. The van der Waals surface area contributed by atoms with Crippen LogP contribution in [0.2, 0.25) is 0 Å². The minimum Gasteiger partial charge on any atom is -0.355 e. The first kappa shape index (κ1) is 16.0. The number of carbonyl (C=O) groups is 1. The lowest BCUT2D eigenvalue weighted by atomic mass is 9.84. The van der Waals surface area contributed by atoms with Gasteiger partial charge in [-0.3, -0.25) is 4.79 Å². The number of amides is 1. The zero-order valence-corrected chi connectivity index (χ0v) is 13.4. The minimum absolute atomic E-state index is 0.0123. The summed E-state index contributed by atoms with van der Waals surface area (Å²) in [4.78, 5) is 11.9. The number of hydrogen-bond acceptors (Lipinski definition) is 3. The predicted molar refractivity (Wildman–Crippen MR) is 76.6 cm³/mol. The molecule has 1 N–H and O–H groups in total. The van der Waals surface area contributed by atoms with Crippen molar-refractivity contribution in [3.05, 3.63) is 0 Å². The number of nitrogens with one attached hydrogen (secondary N) is 1. The Labute approximate surface area is 118 Å². The molecule has 1 atom stereocenters. The van der Waals surface area contributed by atoms with Crippen molar-refractivity contribution in [2.75, 3.05) is 23.4 Å². The van der Waals surface area contributed by atoms with Crippen LogP contribution in [0.1, 0.15) is 33.1 Å². The first-order valence-electron chi connectivity index (χ1n) is 6.42. The van der Waals surface area contributed by atoms with E-state index in [4.69, 9.17) is 0 Å². The molecule has 0 spiro atoms. The molecule has 1 saturated heterocycles. The summed E-state index contributed by atoms with van der Waals surface area (Å²) in [5.74, 6) is -0.297. The van der Waals surface area contributed by atoms with Crippen molar-refractivity contribution in [1.82, 2.24) is 5.32 Å². The quantitative estimate of drug-likeness (QED) is 0.749. The van der Waals surface area contributed by atoms with Gasteiger partial charge in [0.25, 0.3) is 0 Å². The van der Waals surface area contributed by atoms with Gasteiger partial charge in [0.05, 0.1) is 17.4 Å². The number of alkyl halides is 1. The summed E-state index contributed by atoms with van der Waals surface area (Å²) in [6.07, 6.45) is 2.43. The lowest BCUT2D eigenvalue weighted by Gasteiger charge is -2.30. The van der Waals surface area contributed by atoms with Gasteiger partial charge >= 0.3 is 0 Å². The molecule has 1 fully saturated rings. The van der Waals surface area contributed by atoms with Gasteiger partial charge < -0.3 is 5.32 Å². The van der Waals surface area contributed by atoms with Gasteiger partial charge in [-0.25, -0.2) is 8.42 Å². The van der Waals surface area contributed by atoms with Crippen LogP contribution in [0.3, 0.4) is 0 Å². The first-order chi connectivity index (χ1) is 8.38. The van der Waals surface area contributed by atoms with Crippen molar-refractivity contribution in [2.24, 2.45) is 11.3 Å². The van der Waals surface area contributed by atoms with Gasteiger partial charge in [0.15, 0.2) is 9.84 Å². The third-order valence-corrected chi connectivity index (χ3v) is 6.98. The average Bonchev–Trinajstić information content (AvgIpc) is 2.72. The van der Waals surface area contributed by atoms with Gasteiger partial charge in [-0.1, -0.05) is 29.8 Å². The average molecular weight is 340 g/mol. The van der Waals surface area contributed by atoms with E-state index in [0.29, 0.717) is 13.0 Å². The Morgan fingerprint density at radius 3 is 2.39 bits per heavy atom. The van der Waals surface area contributed by atoms with Crippen LogP contribution in [0.4, 0.5) is 0 Å². The Bertz CT molecular complexity index is 382. The third kappa shape index (κ3) is 3.95. The fourth-order valence-corrected chi connectivity index (χ4v) is 4.89. The van der Waals surface area contributed by atoms with E-state index in [1.165, 1.54) is 0 Å². The lowest BCUT2D eigenvalue weighted by Crippen LogP contribution is -2.41. The van der Waals surface area contributed by atoms with Crippen LogP contribution in [0, 0.1) is 11.3 Å². The van der Waals surface area contributed by atoms with E-state index >= 15 is 0 Å². The number of carbonyl (C=O) groups excluding carboxylic acids is 1. The standard InChI is InChI=1S/C12H22BrNO3S/c1-3-12(4-2,8-13)9-14-11(15)10-5-6-18(16,17)7-10/h10H,3-9H2,1-2H3,(H,14,15). The van der Waals surface area contributed by atoms with Gasteiger partial charge in [-0.15, -0.1) is 0 Å². The molecule has 0 aromatic rings. The topological polar surface area (TPSA) is 63.2 Å². The van der Waals surface area contributed by atoms with E-state index in [1.807, 2.05) is 0 Å². The highest BCUT2D eigenvalue weighted by atomic mass is 79.9. The zero-order valence-electron chi connectivity index (χ0n) is 11.0. The van der Waals surface area contributed by atoms with Gasteiger partial charge in [-0.05, 0) is 24.7 Å².